The second-order valence-corrected chi connectivity index (χ2v) is 4.51. The second-order valence-electron chi connectivity index (χ2n) is 4.51. The number of imidazole rings is 1. The lowest BCUT2D eigenvalue weighted by Crippen LogP contribution is -2.19. The third kappa shape index (κ3) is 2.94. The maximum absolute atomic E-state index is 4.11. The fourth-order valence-electron chi connectivity index (χ4n) is 1.79. The van der Waals surface area contributed by atoms with Crippen LogP contribution in [0.4, 0.5) is 0 Å². The maximum atomic E-state index is 4.11. The molecule has 90 valence electrons. The van der Waals surface area contributed by atoms with Crippen molar-refractivity contribution in [2.75, 3.05) is 0 Å². The summed E-state index contributed by atoms with van der Waals surface area (Å²) in [6.45, 7) is 5.13. The van der Waals surface area contributed by atoms with E-state index in [1.165, 1.54) is 16.8 Å². The molecule has 0 aliphatic carbocycles. The smallest absolute Gasteiger partial charge is 0.0945 e. The van der Waals surface area contributed by atoms with Crippen LogP contribution in [0.5, 0.6) is 0 Å². The summed E-state index contributed by atoms with van der Waals surface area (Å²) in [7, 11) is 2.01. The van der Waals surface area contributed by atoms with E-state index in [9.17, 15) is 0 Å². The molecule has 0 unspecified atom stereocenters. The lowest BCUT2D eigenvalue weighted by atomic mass is 10.1. The Labute approximate surface area is 103 Å². The Kier molecular flexibility index (Phi) is 3.59. The topological polar surface area (TPSA) is 29.9 Å². The number of rotatable bonds is 4. The van der Waals surface area contributed by atoms with Gasteiger partial charge in [0.05, 0.1) is 12.0 Å². The van der Waals surface area contributed by atoms with Gasteiger partial charge in [-0.1, -0.05) is 29.8 Å². The van der Waals surface area contributed by atoms with Gasteiger partial charge in [-0.3, -0.25) is 0 Å². The maximum Gasteiger partial charge on any atom is 0.0945 e. The molecule has 2 aromatic rings. The highest BCUT2D eigenvalue weighted by Gasteiger charge is 2.05. The van der Waals surface area contributed by atoms with E-state index in [0.29, 0.717) is 6.04 Å². The Balaban J connectivity index is 1.95. The van der Waals surface area contributed by atoms with Crippen LogP contribution in [0.15, 0.2) is 36.8 Å². The number of aryl methyl sites for hydroxylation is 2. The first-order chi connectivity index (χ1) is 8.16. The molecule has 0 bridgehead atoms. The number of nitrogens with zero attached hydrogens (tertiary/aromatic N) is 2. The van der Waals surface area contributed by atoms with Gasteiger partial charge in [-0.05, 0) is 19.4 Å². The second kappa shape index (κ2) is 5.15. The van der Waals surface area contributed by atoms with Crippen LogP contribution >= 0.6 is 0 Å². The normalized spacial score (nSPS) is 12.6. The predicted molar refractivity (Wildman–Crippen MR) is 69.6 cm³/mol. The van der Waals surface area contributed by atoms with Gasteiger partial charge in [-0.15, -0.1) is 0 Å². The van der Waals surface area contributed by atoms with Gasteiger partial charge < -0.3 is 9.88 Å². The molecule has 1 aromatic carbocycles. The first-order valence-corrected chi connectivity index (χ1v) is 5.92. The molecule has 3 heteroatoms. The Bertz CT molecular complexity index is 470. The van der Waals surface area contributed by atoms with Crippen LogP contribution in [0, 0.1) is 6.92 Å². The molecule has 0 amide bonds. The van der Waals surface area contributed by atoms with Crippen LogP contribution in [0.25, 0.3) is 0 Å². The van der Waals surface area contributed by atoms with Crippen molar-refractivity contribution in [1.29, 1.82) is 0 Å². The van der Waals surface area contributed by atoms with Gasteiger partial charge in [0, 0.05) is 25.8 Å². The molecule has 1 heterocycles. The molecular weight excluding hydrogens is 210 g/mol. The molecular formula is C14H19N3. The van der Waals surface area contributed by atoms with E-state index in [4.69, 9.17) is 0 Å². The van der Waals surface area contributed by atoms with E-state index >= 15 is 0 Å². The summed E-state index contributed by atoms with van der Waals surface area (Å²) >= 11 is 0. The highest BCUT2D eigenvalue weighted by molar-refractivity contribution is 5.23. The number of hydrogen-bond donors (Lipinski definition) is 1. The average Bonchev–Trinajstić information content (AvgIpc) is 2.73. The van der Waals surface area contributed by atoms with Crippen LogP contribution in [0.1, 0.15) is 29.8 Å². The van der Waals surface area contributed by atoms with Crippen molar-refractivity contribution < 1.29 is 0 Å². The highest BCUT2D eigenvalue weighted by Crippen LogP contribution is 2.13. The van der Waals surface area contributed by atoms with Gasteiger partial charge in [0.25, 0.3) is 0 Å². The summed E-state index contributed by atoms with van der Waals surface area (Å²) in [5, 5.41) is 3.50. The lowest BCUT2D eigenvalue weighted by molar-refractivity contribution is 0.558. The minimum atomic E-state index is 0.352. The molecule has 0 aliphatic heterocycles. The Morgan fingerprint density at radius 1 is 1.29 bits per heavy atom. The van der Waals surface area contributed by atoms with Crippen LogP contribution < -0.4 is 5.32 Å². The molecule has 0 saturated heterocycles. The van der Waals surface area contributed by atoms with E-state index < -0.39 is 0 Å². The number of nitrogens with one attached hydrogen (secondary N) is 1. The largest absolute Gasteiger partial charge is 0.337 e. The quantitative estimate of drug-likeness (QED) is 0.873. The van der Waals surface area contributed by atoms with Crippen molar-refractivity contribution >= 4 is 0 Å². The van der Waals surface area contributed by atoms with Crippen molar-refractivity contribution in [1.82, 2.24) is 14.9 Å². The summed E-state index contributed by atoms with van der Waals surface area (Å²) in [5.41, 5.74) is 3.81. The van der Waals surface area contributed by atoms with Crippen molar-refractivity contribution in [3.63, 3.8) is 0 Å². The third-order valence-electron chi connectivity index (χ3n) is 3.08. The molecule has 0 radical (unpaired) electrons. The van der Waals surface area contributed by atoms with Gasteiger partial charge in [-0.2, -0.15) is 0 Å². The summed E-state index contributed by atoms with van der Waals surface area (Å²) < 4.78 is 2.04. The van der Waals surface area contributed by atoms with E-state index in [1.807, 2.05) is 24.1 Å². The van der Waals surface area contributed by atoms with Crippen LogP contribution in [-0.4, -0.2) is 9.55 Å². The first-order valence-electron chi connectivity index (χ1n) is 5.92. The number of aromatic nitrogens is 2. The first kappa shape index (κ1) is 11.9. The van der Waals surface area contributed by atoms with E-state index in [1.54, 1.807) is 0 Å². The van der Waals surface area contributed by atoms with E-state index in [-0.39, 0.29) is 0 Å². The predicted octanol–water partition coefficient (Wildman–Crippen LogP) is 2.58. The minimum Gasteiger partial charge on any atom is -0.337 e. The molecule has 0 fully saturated rings. The molecule has 1 atom stereocenters. The fraction of sp³-hybridized carbons (Fsp3) is 0.357. The van der Waals surface area contributed by atoms with Crippen molar-refractivity contribution in [2.45, 2.75) is 26.4 Å². The van der Waals surface area contributed by atoms with E-state index in [2.05, 4.69) is 48.4 Å². The van der Waals surface area contributed by atoms with Gasteiger partial charge in [-0.25, -0.2) is 4.98 Å². The fourth-order valence-corrected chi connectivity index (χ4v) is 1.79. The van der Waals surface area contributed by atoms with Gasteiger partial charge in [0.15, 0.2) is 0 Å². The Morgan fingerprint density at radius 3 is 2.59 bits per heavy atom. The average molecular weight is 229 g/mol. The van der Waals surface area contributed by atoms with Crippen LogP contribution in [0.3, 0.4) is 0 Å². The summed E-state index contributed by atoms with van der Waals surface area (Å²) in [4.78, 5) is 4.11. The third-order valence-corrected chi connectivity index (χ3v) is 3.08. The molecule has 1 aromatic heterocycles. The summed E-state index contributed by atoms with van der Waals surface area (Å²) in [5.74, 6) is 0. The van der Waals surface area contributed by atoms with Crippen LogP contribution in [0.2, 0.25) is 0 Å². The lowest BCUT2D eigenvalue weighted by Gasteiger charge is -2.14. The summed E-state index contributed by atoms with van der Waals surface area (Å²) in [6.07, 6.45) is 3.72. The molecule has 17 heavy (non-hydrogen) atoms. The van der Waals surface area contributed by atoms with Gasteiger partial charge in [0.1, 0.15) is 0 Å². The molecule has 1 N–H and O–H groups in total. The highest BCUT2D eigenvalue weighted by atomic mass is 15.0. The van der Waals surface area contributed by atoms with Gasteiger partial charge >= 0.3 is 0 Å². The Morgan fingerprint density at radius 2 is 2.00 bits per heavy atom. The Hall–Kier alpha value is -1.61. The number of benzene rings is 1. The minimum absolute atomic E-state index is 0.352. The molecule has 3 nitrogen and oxygen atoms in total. The van der Waals surface area contributed by atoms with Crippen molar-refractivity contribution in [2.24, 2.45) is 7.05 Å². The van der Waals surface area contributed by atoms with Gasteiger partial charge in [0.2, 0.25) is 0 Å². The van der Waals surface area contributed by atoms with Crippen molar-refractivity contribution in [3.05, 3.63) is 53.6 Å². The van der Waals surface area contributed by atoms with Crippen molar-refractivity contribution in [3.8, 4) is 0 Å². The standard InChI is InChI=1S/C14H19N3/c1-11-4-6-13(7-5-11)12(2)16-9-14-8-15-10-17(14)3/h4-8,10,12,16H,9H2,1-3H3/t12-/m1/s1. The zero-order chi connectivity index (χ0) is 12.3. The zero-order valence-corrected chi connectivity index (χ0v) is 10.6. The molecule has 0 spiro atoms. The zero-order valence-electron chi connectivity index (χ0n) is 10.6. The molecule has 0 saturated carbocycles. The monoisotopic (exact) mass is 229 g/mol. The van der Waals surface area contributed by atoms with E-state index in [0.717, 1.165) is 6.54 Å². The van der Waals surface area contributed by atoms with Crippen LogP contribution in [-0.2, 0) is 13.6 Å². The summed E-state index contributed by atoms with van der Waals surface area (Å²) in [6, 6.07) is 9.01. The molecule has 0 aliphatic rings. The molecule has 2 rings (SSSR count). The number of hydrogen-bond acceptors (Lipinski definition) is 2. The SMILES string of the molecule is Cc1ccc([C@@H](C)NCc2cncn2C)cc1.